The average molecular weight is 280 g/mol. The Kier molecular flexibility index (Phi) is 3.04. The molecular weight excluding hydrogens is 271 g/mol. The molecule has 0 spiro atoms. The van der Waals surface area contributed by atoms with Crippen LogP contribution in [-0.4, -0.2) is 15.5 Å². The third kappa shape index (κ3) is 1.95. The summed E-state index contributed by atoms with van der Waals surface area (Å²) in [6.45, 7) is 2.06. The second-order valence-corrected chi connectivity index (χ2v) is 3.39. The maximum Gasteiger partial charge on any atom is 0.253 e. The predicted octanol–water partition coefficient (Wildman–Crippen LogP) is -0.214. The van der Waals surface area contributed by atoms with Crippen molar-refractivity contribution in [1.82, 2.24) is 15.0 Å². The Bertz CT molecular complexity index is 276. The number of nitrogens with zero attached hydrogens (tertiary/aromatic N) is 2. The van der Waals surface area contributed by atoms with E-state index in [-0.39, 0.29) is 12.5 Å². The Balaban J connectivity index is 2.80. The Morgan fingerprint density at radius 2 is 2.58 bits per heavy atom. The Morgan fingerprint density at radius 1 is 1.92 bits per heavy atom. The van der Waals surface area contributed by atoms with Gasteiger partial charge in [0.25, 0.3) is 5.91 Å². The van der Waals surface area contributed by atoms with E-state index in [0.717, 1.165) is 9.53 Å². The minimum absolute atomic E-state index is 0.223. The SMILES string of the molecule is Cc1ncc(I)n1CC(=O)NN. The van der Waals surface area contributed by atoms with Gasteiger partial charge >= 0.3 is 0 Å². The number of nitrogens with two attached hydrogens (primary N) is 1. The normalized spacial score (nSPS) is 9.92. The summed E-state index contributed by atoms with van der Waals surface area (Å²) in [5.74, 6) is 5.53. The van der Waals surface area contributed by atoms with Crippen LogP contribution >= 0.6 is 22.6 Å². The highest BCUT2D eigenvalue weighted by molar-refractivity contribution is 14.1. The van der Waals surface area contributed by atoms with Crippen molar-refractivity contribution in [1.29, 1.82) is 0 Å². The number of hydrazine groups is 1. The lowest BCUT2D eigenvalue weighted by Gasteiger charge is -2.04. The Morgan fingerprint density at radius 3 is 3.00 bits per heavy atom. The topological polar surface area (TPSA) is 72.9 Å². The van der Waals surface area contributed by atoms with Crippen molar-refractivity contribution >= 4 is 28.5 Å². The molecule has 0 aliphatic rings. The molecule has 0 aromatic carbocycles. The monoisotopic (exact) mass is 280 g/mol. The third-order valence-corrected chi connectivity index (χ3v) is 2.33. The van der Waals surface area contributed by atoms with Crippen LogP contribution in [0.5, 0.6) is 0 Å². The summed E-state index contributed by atoms with van der Waals surface area (Å²) in [4.78, 5) is 14.9. The molecule has 6 heteroatoms. The molecule has 0 saturated carbocycles. The van der Waals surface area contributed by atoms with Crippen molar-refractivity contribution in [2.45, 2.75) is 13.5 Å². The molecule has 1 rings (SSSR count). The quantitative estimate of drug-likeness (QED) is 0.340. The van der Waals surface area contributed by atoms with E-state index in [0.29, 0.717) is 0 Å². The predicted molar refractivity (Wildman–Crippen MR) is 52.0 cm³/mol. The molecule has 66 valence electrons. The number of aryl methyl sites for hydroxylation is 1. The van der Waals surface area contributed by atoms with Gasteiger partial charge in [0, 0.05) is 0 Å². The van der Waals surface area contributed by atoms with Gasteiger partial charge in [0.15, 0.2) is 0 Å². The molecule has 5 nitrogen and oxygen atoms in total. The smallest absolute Gasteiger partial charge is 0.253 e. The molecule has 0 radical (unpaired) electrons. The number of hydrogen-bond acceptors (Lipinski definition) is 3. The van der Waals surface area contributed by atoms with Crippen LogP contribution in [0.15, 0.2) is 6.20 Å². The zero-order valence-electron chi connectivity index (χ0n) is 6.54. The molecule has 0 aliphatic heterocycles. The number of aromatic nitrogens is 2. The van der Waals surface area contributed by atoms with Gasteiger partial charge in [-0.05, 0) is 29.5 Å². The molecule has 0 fully saturated rings. The average Bonchev–Trinajstić information content (AvgIpc) is 2.35. The number of hydrogen-bond donors (Lipinski definition) is 2. The van der Waals surface area contributed by atoms with Crippen LogP contribution in [0.4, 0.5) is 0 Å². The van der Waals surface area contributed by atoms with Crippen LogP contribution in [0, 0.1) is 10.6 Å². The minimum atomic E-state index is -0.228. The number of nitrogens with one attached hydrogen (secondary N) is 1. The molecule has 1 heterocycles. The maximum atomic E-state index is 10.9. The van der Waals surface area contributed by atoms with Crippen molar-refractivity contribution in [3.63, 3.8) is 0 Å². The molecule has 0 atom stereocenters. The summed E-state index contributed by atoms with van der Waals surface area (Å²) in [6, 6.07) is 0. The lowest BCUT2D eigenvalue weighted by atomic mass is 10.5. The highest BCUT2D eigenvalue weighted by Crippen LogP contribution is 2.06. The second kappa shape index (κ2) is 3.85. The van der Waals surface area contributed by atoms with Crippen molar-refractivity contribution < 1.29 is 4.79 Å². The molecule has 1 aromatic rings. The van der Waals surface area contributed by atoms with E-state index < -0.39 is 0 Å². The van der Waals surface area contributed by atoms with Crippen molar-refractivity contribution in [3.8, 4) is 0 Å². The number of halogens is 1. The summed E-state index contributed by atoms with van der Waals surface area (Å²) in [6.07, 6.45) is 1.71. The highest BCUT2D eigenvalue weighted by atomic mass is 127. The number of imidazole rings is 1. The van der Waals surface area contributed by atoms with Gasteiger partial charge in [-0.1, -0.05) is 0 Å². The van der Waals surface area contributed by atoms with Gasteiger partial charge in [0.2, 0.25) is 0 Å². The van der Waals surface area contributed by atoms with Crippen molar-refractivity contribution in [2.24, 2.45) is 5.84 Å². The second-order valence-electron chi connectivity index (χ2n) is 2.28. The first kappa shape index (κ1) is 9.46. The first-order valence-electron chi connectivity index (χ1n) is 3.32. The van der Waals surface area contributed by atoms with Crippen LogP contribution in [-0.2, 0) is 11.3 Å². The molecule has 1 amide bonds. The first-order valence-corrected chi connectivity index (χ1v) is 4.40. The molecule has 0 saturated heterocycles. The van der Waals surface area contributed by atoms with Gasteiger partial charge in [-0.15, -0.1) is 0 Å². The van der Waals surface area contributed by atoms with E-state index >= 15 is 0 Å². The summed E-state index contributed by atoms with van der Waals surface area (Å²) in [5, 5.41) is 0. The molecule has 0 aliphatic carbocycles. The third-order valence-electron chi connectivity index (χ3n) is 1.47. The number of amides is 1. The lowest BCUT2D eigenvalue weighted by Crippen LogP contribution is -2.33. The highest BCUT2D eigenvalue weighted by Gasteiger charge is 2.06. The fourth-order valence-corrected chi connectivity index (χ4v) is 1.48. The van der Waals surface area contributed by atoms with Gasteiger partial charge in [-0.25, -0.2) is 10.8 Å². The van der Waals surface area contributed by atoms with E-state index in [1.807, 2.05) is 6.92 Å². The van der Waals surface area contributed by atoms with Gasteiger partial charge < -0.3 is 4.57 Å². The zero-order chi connectivity index (χ0) is 9.14. The molecule has 12 heavy (non-hydrogen) atoms. The Labute approximate surface area is 83.4 Å². The maximum absolute atomic E-state index is 10.9. The summed E-state index contributed by atoms with van der Waals surface area (Å²) in [5.41, 5.74) is 2.07. The van der Waals surface area contributed by atoms with E-state index in [1.54, 1.807) is 10.8 Å². The van der Waals surface area contributed by atoms with E-state index in [1.165, 1.54) is 0 Å². The van der Waals surface area contributed by atoms with Crippen LogP contribution in [0.2, 0.25) is 0 Å². The van der Waals surface area contributed by atoms with Crippen LogP contribution in [0.1, 0.15) is 5.82 Å². The van der Waals surface area contributed by atoms with Crippen LogP contribution in [0.25, 0.3) is 0 Å². The fourth-order valence-electron chi connectivity index (χ4n) is 0.820. The van der Waals surface area contributed by atoms with E-state index in [9.17, 15) is 4.79 Å². The Hall–Kier alpha value is -0.630. The molecule has 1 aromatic heterocycles. The van der Waals surface area contributed by atoms with E-state index in [2.05, 4.69) is 33.0 Å². The van der Waals surface area contributed by atoms with Gasteiger partial charge in [0.1, 0.15) is 16.1 Å². The van der Waals surface area contributed by atoms with Gasteiger partial charge in [0.05, 0.1) is 6.20 Å². The molecule has 3 N–H and O–H groups in total. The summed E-state index contributed by atoms with van der Waals surface area (Å²) < 4.78 is 2.71. The largest absolute Gasteiger partial charge is 0.314 e. The molecule has 0 unspecified atom stereocenters. The van der Waals surface area contributed by atoms with Crippen molar-refractivity contribution in [3.05, 3.63) is 15.7 Å². The summed E-state index contributed by atoms with van der Waals surface area (Å²) >= 11 is 2.11. The number of carbonyl (C=O) groups excluding carboxylic acids is 1. The standard InChI is InChI=1S/C6H9IN4O/c1-4-9-2-5(7)11(4)3-6(12)10-8/h2H,3,8H2,1H3,(H,10,12). The number of rotatable bonds is 2. The van der Waals surface area contributed by atoms with Gasteiger partial charge in [-0.2, -0.15) is 0 Å². The zero-order valence-corrected chi connectivity index (χ0v) is 8.70. The van der Waals surface area contributed by atoms with E-state index in [4.69, 9.17) is 5.84 Å². The van der Waals surface area contributed by atoms with Gasteiger partial charge in [-0.3, -0.25) is 10.2 Å². The molecular formula is C6H9IN4O. The molecule has 0 bridgehead atoms. The van der Waals surface area contributed by atoms with Crippen molar-refractivity contribution in [2.75, 3.05) is 0 Å². The minimum Gasteiger partial charge on any atom is -0.314 e. The van der Waals surface area contributed by atoms with Crippen LogP contribution in [0.3, 0.4) is 0 Å². The fraction of sp³-hybridized carbons (Fsp3) is 0.333. The first-order chi connectivity index (χ1) is 5.65. The summed E-state index contributed by atoms with van der Waals surface area (Å²) in [7, 11) is 0. The lowest BCUT2D eigenvalue weighted by molar-refractivity contribution is -0.121. The number of carbonyl (C=O) groups is 1. The van der Waals surface area contributed by atoms with Crippen LogP contribution < -0.4 is 11.3 Å².